The Labute approximate surface area is 487 Å². The largest absolute Gasteiger partial charge is 0.511 e. The van der Waals surface area contributed by atoms with Crippen molar-refractivity contribution in [1.29, 1.82) is 0 Å². The number of fused-ring (bicyclic) bond motifs is 6. The zero-order valence-electron chi connectivity index (χ0n) is 49.3. The number of aliphatic imine (C=N–C) groups is 3. The fourth-order valence-electron chi connectivity index (χ4n) is 11.7. The first-order valence-corrected chi connectivity index (χ1v) is 29.2. The first kappa shape index (κ1) is 58.1. The Balaban J connectivity index is 0.851. The molecule has 10 rings (SSSR count). The summed E-state index contributed by atoms with van der Waals surface area (Å²) in [6.07, 6.45) is 14.3. The number of anilines is 2. The molecule has 83 heavy (non-hydrogen) atoms. The highest BCUT2D eigenvalue weighted by atomic mass is 16.5. The molecule has 6 aliphatic rings. The first-order valence-electron chi connectivity index (χ1n) is 29.2. The zero-order chi connectivity index (χ0) is 58.1. The number of carbonyl (C=O) groups excluding carboxylic acids is 1. The molecule has 1 fully saturated rings. The van der Waals surface area contributed by atoms with Crippen molar-refractivity contribution in [3.8, 4) is 23.3 Å². The summed E-state index contributed by atoms with van der Waals surface area (Å²) in [6.45, 7) is 17.7. The summed E-state index contributed by atoms with van der Waals surface area (Å²) in [7, 11) is 3.26. The third-order valence-corrected chi connectivity index (χ3v) is 16.2. The van der Waals surface area contributed by atoms with Gasteiger partial charge in [-0.15, -0.1) is 0 Å². The van der Waals surface area contributed by atoms with Gasteiger partial charge in [-0.2, -0.15) is 0 Å². The van der Waals surface area contributed by atoms with Crippen LogP contribution in [0, 0.1) is 23.7 Å². The molecular formula is C68H76N8O7. The third kappa shape index (κ3) is 12.9. The van der Waals surface area contributed by atoms with Crippen molar-refractivity contribution < 1.29 is 33.6 Å². The average molecular weight is 1120 g/mol. The van der Waals surface area contributed by atoms with E-state index in [2.05, 4.69) is 97.5 Å². The standard InChI is InChI=1S/C68H76N8O7/c1-10-12-13-14-25-81-44(7)64-42(5)55-34-54-41(4)50(66(75-54)52-32-60(77)65-43(6)56(76-67(52)65)35-58-49(11-2)40(3)53(73-58)36-59(64)74-55)23-24-63(78)69-38-47-19-15-17-45(30-47)21-22-46-18-16-20-48(31-46)72-68-51-33-61(82-28-26-79-8)62(83-29-27-80-9)37-57(51)70-39-71-68/h15-20,30-31,33-37,39,41,44,50,75,77H,10-14,23-29,32,38H2,1-9H3,(H,69,78)(H,70,71,72)/t41?,44?,50-/m0/s1. The minimum atomic E-state index is -0.175. The Kier molecular flexibility index (Phi) is 18.5. The van der Waals surface area contributed by atoms with Crippen molar-refractivity contribution in [2.24, 2.45) is 26.8 Å². The summed E-state index contributed by atoms with van der Waals surface area (Å²) in [4.78, 5) is 38.9. The van der Waals surface area contributed by atoms with Gasteiger partial charge < -0.3 is 44.7 Å². The van der Waals surface area contributed by atoms with Crippen LogP contribution in [-0.4, -0.2) is 91.5 Å². The molecule has 1 aliphatic carbocycles. The highest BCUT2D eigenvalue weighted by Gasteiger charge is 2.41. The number of unbranched alkanes of at least 4 members (excludes halogenated alkanes) is 3. The molecule has 15 nitrogen and oxygen atoms in total. The summed E-state index contributed by atoms with van der Waals surface area (Å²) in [5, 5.41) is 23.0. The highest BCUT2D eigenvalue weighted by molar-refractivity contribution is 6.21. The number of amides is 1. The predicted octanol–water partition coefficient (Wildman–Crippen LogP) is 12.9. The van der Waals surface area contributed by atoms with Crippen LogP contribution < -0.4 is 25.4 Å². The second-order valence-electron chi connectivity index (χ2n) is 21.8. The zero-order valence-corrected chi connectivity index (χ0v) is 49.3. The average Bonchev–Trinajstić information content (AvgIpc) is 4.33. The molecular weight excluding hydrogens is 1040 g/mol. The Bertz CT molecular complexity index is 3650. The van der Waals surface area contributed by atoms with Crippen LogP contribution in [0.4, 0.5) is 11.5 Å². The molecule has 6 heterocycles. The van der Waals surface area contributed by atoms with Crippen molar-refractivity contribution >= 4 is 45.5 Å². The highest BCUT2D eigenvalue weighted by Crippen LogP contribution is 2.47. The van der Waals surface area contributed by atoms with Crippen LogP contribution in [0.25, 0.3) is 10.9 Å². The summed E-state index contributed by atoms with van der Waals surface area (Å²) in [5.41, 5.74) is 18.3. The molecule has 2 unspecified atom stereocenters. The second-order valence-corrected chi connectivity index (χ2v) is 21.8. The number of rotatable bonds is 23. The topological polar surface area (TPSA) is 182 Å². The van der Waals surface area contributed by atoms with Crippen LogP contribution in [0.3, 0.4) is 0 Å². The molecule has 8 bridgehead atoms. The van der Waals surface area contributed by atoms with Gasteiger partial charge >= 0.3 is 0 Å². The van der Waals surface area contributed by atoms with Crippen molar-refractivity contribution in [2.75, 3.05) is 52.6 Å². The number of aliphatic hydroxyl groups is 1. The van der Waals surface area contributed by atoms with Crippen LogP contribution in [0.5, 0.6) is 11.5 Å². The Hall–Kier alpha value is -8.16. The number of hydrogen-bond donors (Lipinski definition) is 4. The molecule has 4 aromatic rings. The van der Waals surface area contributed by atoms with E-state index in [1.807, 2.05) is 67.6 Å². The molecule has 1 amide bonds. The molecule has 430 valence electrons. The van der Waals surface area contributed by atoms with Gasteiger partial charge in [0, 0.05) is 108 Å². The lowest BCUT2D eigenvalue weighted by Gasteiger charge is -2.18. The number of hydrogen-bond acceptors (Lipinski definition) is 14. The summed E-state index contributed by atoms with van der Waals surface area (Å²) in [6, 6.07) is 19.5. The van der Waals surface area contributed by atoms with E-state index in [1.165, 1.54) is 24.7 Å². The fourth-order valence-corrected chi connectivity index (χ4v) is 11.7. The lowest BCUT2D eigenvalue weighted by Crippen LogP contribution is -2.24. The Morgan fingerprint density at radius 3 is 2.30 bits per heavy atom. The van der Waals surface area contributed by atoms with Gasteiger partial charge in [0.1, 0.15) is 31.1 Å². The first-order chi connectivity index (χ1) is 40.3. The van der Waals surface area contributed by atoms with E-state index < -0.39 is 0 Å². The molecule has 15 heteroatoms. The van der Waals surface area contributed by atoms with Crippen LogP contribution >= 0.6 is 0 Å². The van der Waals surface area contributed by atoms with Crippen molar-refractivity contribution in [3.05, 3.63) is 175 Å². The molecule has 0 saturated carbocycles. The second kappa shape index (κ2) is 26.4. The summed E-state index contributed by atoms with van der Waals surface area (Å²) in [5.74, 6) is 8.56. The maximum atomic E-state index is 13.9. The maximum Gasteiger partial charge on any atom is 0.220 e. The number of benzene rings is 3. The van der Waals surface area contributed by atoms with E-state index in [-0.39, 0.29) is 23.8 Å². The van der Waals surface area contributed by atoms with Crippen LogP contribution in [0.1, 0.15) is 117 Å². The molecule has 3 aromatic carbocycles. The summed E-state index contributed by atoms with van der Waals surface area (Å²) < 4.78 is 29.0. The van der Waals surface area contributed by atoms with E-state index in [4.69, 9.17) is 38.7 Å². The van der Waals surface area contributed by atoms with E-state index in [0.717, 1.165) is 126 Å². The van der Waals surface area contributed by atoms with Gasteiger partial charge in [-0.25, -0.2) is 24.9 Å². The number of carbonyl (C=O) groups is 1. The number of allylic oxidation sites excluding steroid dienone is 11. The maximum absolute atomic E-state index is 13.9. The van der Waals surface area contributed by atoms with E-state index in [9.17, 15) is 9.90 Å². The molecule has 1 aromatic heterocycles. The molecule has 1 saturated heterocycles. The minimum absolute atomic E-state index is 0.000764. The molecule has 0 spiro atoms. The van der Waals surface area contributed by atoms with Crippen molar-refractivity contribution in [2.45, 2.75) is 112 Å². The number of aliphatic hydroxyl groups excluding tert-OH is 1. The van der Waals surface area contributed by atoms with Gasteiger partial charge in [-0.3, -0.25) is 4.79 Å². The number of methoxy groups -OCH3 is 2. The number of nitrogens with one attached hydrogen (secondary N) is 3. The molecule has 0 radical (unpaired) electrons. The molecule has 4 N–H and O–H groups in total. The third-order valence-electron chi connectivity index (χ3n) is 16.2. The quantitative estimate of drug-likeness (QED) is 0.0410. The molecule has 5 aliphatic heterocycles. The van der Waals surface area contributed by atoms with Gasteiger partial charge in [0.2, 0.25) is 5.91 Å². The lowest BCUT2D eigenvalue weighted by molar-refractivity contribution is -0.121. The fraction of sp³-hybridized carbons (Fsp3) is 0.382. The minimum Gasteiger partial charge on any atom is -0.511 e. The van der Waals surface area contributed by atoms with E-state index in [1.54, 1.807) is 14.2 Å². The molecule has 3 atom stereocenters. The smallest absolute Gasteiger partial charge is 0.220 e. The van der Waals surface area contributed by atoms with Crippen LogP contribution in [-0.2, 0) is 25.5 Å². The normalized spacial score (nSPS) is 18.4. The van der Waals surface area contributed by atoms with E-state index >= 15 is 0 Å². The van der Waals surface area contributed by atoms with Crippen LogP contribution in [0.2, 0.25) is 0 Å². The monoisotopic (exact) mass is 1120 g/mol. The SMILES string of the molecule is CCCCCCOC(C)C1=C(C)C2=NC1=CC1=NC(=CC3=C(C)C4=C(O)CC(=C5NC(=C2)C(C)[C@@H]5CCC(=O)NCc2cccc(C#Cc5cccc(Nc6ncnc7cc(OCCOC)c(OCCOC)cc67)c5)c2)C4=N3)C(CC)=C1C. The lowest BCUT2D eigenvalue weighted by atomic mass is 9.86. The Morgan fingerprint density at radius 2 is 1.54 bits per heavy atom. The van der Waals surface area contributed by atoms with Gasteiger partial charge in [-0.05, 0) is 129 Å². The van der Waals surface area contributed by atoms with Crippen molar-refractivity contribution in [3.63, 3.8) is 0 Å². The Morgan fingerprint density at radius 1 is 0.807 bits per heavy atom. The van der Waals surface area contributed by atoms with Gasteiger partial charge in [0.25, 0.3) is 0 Å². The van der Waals surface area contributed by atoms with Crippen LogP contribution in [0.15, 0.2) is 173 Å². The summed E-state index contributed by atoms with van der Waals surface area (Å²) >= 11 is 0. The van der Waals surface area contributed by atoms with Crippen molar-refractivity contribution in [1.82, 2.24) is 20.6 Å². The van der Waals surface area contributed by atoms with E-state index in [0.29, 0.717) is 87.4 Å². The van der Waals surface area contributed by atoms with Gasteiger partial charge in [-0.1, -0.05) is 70.1 Å². The number of nitrogens with zero attached hydrogens (tertiary/aromatic N) is 5. The number of ether oxygens (including phenoxy) is 5. The predicted molar refractivity (Wildman–Crippen MR) is 329 cm³/mol. The number of aromatic nitrogens is 2. The van der Waals surface area contributed by atoms with Gasteiger partial charge in [0.05, 0.1) is 59.1 Å². The van der Waals surface area contributed by atoms with Gasteiger partial charge in [0.15, 0.2) is 11.5 Å².